The van der Waals surface area contributed by atoms with Crippen LogP contribution < -0.4 is 15.1 Å². The summed E-state index contributed by atoms with van der Waals surface area (Å²) in [6.45, 7) is 6.61. The molecule has 2 saturated heterocycles. The number of ether oxygens (including phenoxy) is 1. The summed E-state index contributed by atoms with van der Waals surface area (Å²) in [5, 5.41) is 3.75. The predicted molar refractivity (Wildman–Crippen MR) is 101 cm³/mol. The number of nitrogens with one attached hydrogen (secondary N) is 1. The van der Waals surface area contributed by atoms with Gasteiger partial charge in [-0.1, -0.05) is 24.3 Å². The van der Waals surface area contributed by atoms with E-state index >= 15 is 0 Å². The van der Waals surface area contributed by atoms with Crippen LogP contribution in [-0.4, -0.2) is 50.4 Å². The van der Waals surface area contributed by atoms with Crippen LogP contribution in [-0.2, 0) is 11.3 Å². The maximum absolute atomic E-state index is 5.49. The Morgan fingerprint density at radius 2 is 1.84 bits per heavy atom. The summed E-state index contributed by atoms with van der Waals surface area (Å²) in [7, 11) is 0. The van der Waals surface area contributed by atoms with E-state index in [0.717, 1.165) is 58.2 Å². The number of benzene rings is 1. The molecule has 3 heterocycles. The van der Waals surface area contributed by atoms with Crippen molar-refractivity contribution < 1.29 is 4.74 Å². The molecule has 1 atom stereocenters. The van der Waals surface area contributed by atoms with E-state index in [-0.39, 0.29) is 0 Å². The zero-order chi connectivity index (χ0) is 16.9. The molecule has 0 saturated carbocycles. The van der Waals surface area contributed by atoms with Crippen LogP contribution >= 0.6 is 0 Å². The molecule has 2 fully saturated rings. The lowest BCUT2D eigenvalue weighted by Gasteiger charge is -2.31. The van der Waals surface area contributed by atoms with Gasteiger partial charge in [0.05, 0.1) is 13.2 Å². The third kappa shape index (κ3) is 3.94. The average Bonchev–Trinajstić information content (AvgIpc) is 3.17. The van der Waals surface area contributed by atoms with Crippen molar-refractivity contribution in [2.75, 3.05) is 49.2 Å². The van der Waals surface area contributed by atoms with Crippen LogP contribution in [0.1, 0.15) is 12.0 Å². The molecule has 25 heavy (non-hydrogen) atoms. The number of rotatable bonds is 5. The van der Waals surface area contributed by atoms with Gasteiger partial charge in [-0.3, -0.25) is 0 Å². The van der Waals surface area contributed by atoms with E-state index in [0.29, 0.717) is 6.04 Å². The minimum atomic E-state index is 0.514. The van der Waals surface area contributed by atoms with Gasteiger partial charge in [0.25, 0.3) is 0 Å². The molecule has 5 nitrogen and oxygen atoms in total. The van der Waals surface area contributed by atoms with Crippen LogP contribution in [0.15, 0.2) is 48.7 Å². The van der Waals surface area contributed by atoms with Gasteiger partial charge in [-0.2, -0.15) is 0 Å². The van der Waals surface area contributed by atoms with Crippen LogP contribution in [0.4, 0.5) is 11.5 Å². The smallest absolute Gasteiger partial charge is 0.128 e. The Bertz CT molecular complexity index is 672. The molecule has 2 aliphatic rings. The van der Waals surface area contributed by atoms with Crippen molar-refractivity contribution in [2.24, 2.45) is 0 Å². The molecule has 5 heteroatoms. The SMILES string of the molecule is c1ccc(N2CC[C@H](NCc3ccccc3N3CCOCC3)C2)nc1. The van der Waals surface area contributed by atoms with E-state index in [1.807, 2.05) is 12.3 Å². The molecule has 1 aromatic carbocycles. The predicted octanol–water partition coefficient (Wildman–Crippen LogP) is 2.29. The summed E-state index contributed by atoms with van der Waals surface area (Å²) < 4.78 is 5.49. The molecule has 1 N–H and O–H groups in total. The summed E-state index contributed by atoms with van der Waals surface area (Å²) >= 11 is 0. The van der Waals surface area contributed by atoms with Gasteiger partial charge < -0.3 is 19.9 Å². The third-order valence-electron chi connectivity index (χ3n) is 5.09. The van der Waals surface area contributed by atoms with Crippen LogP contribution in [0.25, 0.3) is 0 Å². The normalized spacial score (nSPS) is 20.9. The Labute approximate surface area is 149 Å². The minimum absolute atomic E-state index is 0.514. The first-order chi connectivity index (χ1) is 12.4. The fourth-order valence-corrected chi connectivity index (χ4v) is 3.70. The third-order valence-corrected chi connectivity index (χ3v) is 5.09. The monoisotopic (exact) mass is 338 g/mol. The zero-order valence-corrected chi connectivity index (χ0v) is 14.6. The highest BCUT2D eigenvalue weighted by Gasteiger charge is 2.23. The lowest BCUT2D eigenvalue weighted by atomic mass is 10.1. The highest BCUT2D eigenvalue weighted by Crippen LogP contribution is 2.22. The first-order valence-corrected chi connectivity index (χ1v) is 9.20. The summed E-state index contributed by atoms with van der Waals surface area (Å²) in [4.78, 5) is 9.27. The van der Waals surface area contributed by atoms with E-state index in [2.05, 4.69) is 56.5 Å². The number of pyridine rings is 1. The molecule has 0 amide bonds. The van der Waals surface area contributed by atoms with Gasteiger partial charge in [0.2, 0.25) is 0 Å². The Morgan fingerprint density at radius 1 is 1.00 bits per heavy atom. The molecule has 1 aromatic heterocycles. The first kappa shape index (κ1) is 16.4. The summed E-state index contributed by atoms with van der Waals surface area (Å²) in [6, 6.07) is 15.4. The molecule has 2 aliphatic heterocycles. The second-order valence-electron chi connectivity index (χ2n) is 6.73. The summed E-state index contributed by atoms with van der Waals surface area (Å²) in [5.41, 5.74) is 2.72. The lowest BCUT2D eigenvalue weighted by molar-refractivity contribution is 0.122. The molecular weight excluding hydrogens is 312 g/mol. The fraction of sp³-hybridized carbons (Fsp3) is 0.450. The van der Waals surface area contributed by atoms with Gasteiger partial charge in [-0.15, -0.1) is 0 Å². The molecule has 132 valence electrons. The van der Waals surface area contributed by atoms with Crippen LogP contribution in [0.5, 0.6) is 0 Å². The van der Waals surface area contributed by atoms with Gasteiger partial charge in [0.1, 0.15) is 5.82 Å². The second-order valence-corrected chi connectivity index (χ2v) is 6.73. The first-order valence-electron chi connectivity index (χ1n) is 9.20. The molecule has 2 aromatic rings. The summed E-state index contributed by atoms with van der Waals surface area (Å²) in [6.07, 6.45) is 3.03. The quantitative estimate of drug-likeness (QED) is 0.906. The van der Waals surface area contributed by atoms with E-state index in [1.165, 1.54) is 11.3 Å². The Kier molecular flexibility index (Phi) is 5.14. The standard InChI is InChI=1S/C20H26N4O/c1-2-6-19(23-11-13-25-14-12-23)17(5-1)15-22-18-8-10-24(16-18)20-7-3-4-9-21-20/h1-7,9,18,22H,8,10-16H2/t18-/m0/s1. The van der Waals surface area contributed by atoms with Gasteiger partial charge in [-0.05, 0) is 30.2 Å². The van der Waals surface area contributed by atoms with E-state index in [4.69, 9.17) is 4.74 Å². The van der Waals surface area contributed by atoms with Crippen LogP contribution in [0.3, 0.4) is 0 Å². The maximum atomic E-state index is 5.49. The minimum Gasteiger partial charge on any atom is -0.378 e. The topological polar surface area (TPSA) is 40.6 Å². The number of hydrogen-bond acceptors (Lipinski definition) is 5. The van der Waals surface area contributed by atoms with Crippen LogP contribution in [0, 0.1) is 0 Å². The van der Waals surface area contributed by atoms with Crippen molar-refractivity contribution in [3.63, 3.8) is 0 Å². The van der Waals surface area contributed by atoms with Crippen molar-refractivity contribution in [3.05, 3.63) is 54.2 Å². The lowest BCUT2D eigenvalue weighted by Crippen LogP contribution is -2.37. The van der Waals surface area contributed by atoms with Gasteiger partial charge in [0.15, 0.2) is 0 Å². The molecule has 0 radical (unpaired) electrons. The van der Waals surface area contributed by atoms with Gasteiger partial charge >= 0.3 is 0 Å². The Hall–Kier alpha value is -2.11. The average molecular weight is 338 g/mol. The highest BCUT2D eigenvalue weighted by atomic mass is 16.5. The largest absolute Gasteiger partial charge is 0.378 e. The fourth-order valence-electron chi connectivity index (χ4n) is 3.70. The molecule has 0 unspecified atom stereocenters. The van der Waals surface area contributed by atoms with E-state index in [1.54, 1.807) is 0 Å². The van der Waals surface area contributed by atoms with E-state index in [9.17, 15) is 0 Å². The number of para-hydroxylation sites is 1. The van der Waals surface area contributed by atoms with Crippen LogP contribution in [0.2, 0.25) is 0 Å². The molecule has 0 spiro atoms. The van der Waals surface area contributed by atoms with Crippen molar-refractivity contribution in [2.45, 2.75) is 19.0 Å². The maximum Gasteiger partial charge on any atom is 0.128 e. The number of nitrogens with zero attached hydrogens (tertiary/aromatic N) is 3. The second kappa shape index (κ2) is 7.85. The zero-order valence-electron chi connectivity index (χ0n) is 14.6. The summed E-state index contributed by atoms with van der Waals surface area (Å²) in [5.74, 6) is 1.08. The molecular formula is C20H26N4O. The Morgan fingerprint density at radius 3 is 2.68 bits per heavy atom. The number of anilines is 2. The van der Waals surface area contributed by atoms with Gasteiger partial charge in [0, 0.05) is 50.6 Å². The van der Waals surface area contributed by atoms with Crippen molar-refractivity contribution in [1.29, 1.82) is 0 Å². The van der Waals surface area contributed by atoms with E-state index < -0.39 is 0 Å². The molecule has 0 bridgehead atoms. The number of morpholine rings is 1. The molecule has 4 rings (SSSR count). The number of aromatic nitrogens is 1. The molecule has 0 aliphatic carbocycles. The number of hydrogen-bond donors (Lipinski definition) is 1. The van der Waals surface area contributed by atoms with Crippen molar-refractivity contribution in [3.8, 4) is 0 Å². The Balaban J connectivity index is 1.36. The van der Waals surface area contributed by atoms with Crippen molar-refractivity contribution >= 4 is 11.5 Å². The highest BCUT2D eigenvalue weighted by molar-refractivity contribution is 5.54. The van der Waals surface area contributed by atoms with Gasteiger partial charge in [-0.25, -0.2) is 4.98 Å². The van der Waals surface area contributed by atoms with Crippen molar-refractivity contribution in [1.82, 2.24) is 10.3 Å².